The van der Waals surface area contributed by atoms with Crippen molar-refractivity contribution in [2.75, 3.05) is 33.4 Å². The molecule has 0 aliphatic carbocycles. The van der Waals surface area contributed by atoms with Crippen LogP contribution in [0.5, 0.6) is 5.75 Å². The van der Waals surface area contributed by atoms with Gasteiger partial charge in [0.25, 0.3) is 0 Å². The van der Waals surface area contributed by atoms with Crippen LogP contribution in [0, 0.1) is 5.82 Å². The molecule has 0 saturated carbocycles. The van der Waals surface area contributed by atoms with Gasteiger partial charge in [-0.05, 0) is 12.1 Å². The van der Waals surface area contributed by atoms with Crippen molar-refractivity contribution < 1.29 is 13.9 Å². The zero-order valence-corrected chi connectivity index (χ0v) is 9.70. The van der Waals surface area contributed by atoms with Gasteiger partial charge in [-0.3, -0.25) is 4.99 Å². The minimum absolute atomic E-state index is 0.326. The van der Waals surface area contributed by atoms with Gasteiger partial charge in [0.15, 0.2) is 0 Å². The van der Waals surface area contributed by atoms with Gasteiger partial charge in [0.1, 0.15) is 24.0 Å². The molecular weight excluding hydrogens is 223 g/mol. The highest BCUT2D eigenvalue weighted by Crippen LogP contribution is 2.22. The Morgan fingerprint density at radius 2 is 2.29 bits per heavy atom. The lowest BCUT2D eigenvalue weighted by molar-refractivity contribution is 0.146. The van der Waals surface area contributed by atoms with Crippen LogP contribution in [0.1, 0.15) is 5.56 Å². The molecule has 0 amide bonds. The third-order valence-corrected chi connectivity index (χ3v) is 2.43. The predicted octanol–water partition coefficient (Wildman–Crippen LogP) is 1.20. The molecule has 0 atom stereocenters. The van der Waals surface area contributed by atoms with Crippen molar-refractivity contribution in [1.29, 1.82) is 0 Å². The lowest BCUT2D eigenvalue weighted by Gasteiger charge is -2.12. The maximum absolute atomic E-state index is 13.8. The van der Waals surface area contributed by atoms with Gasteiger partial charge >= 0.3 is 0 Å². The first-order valence-corrected chi connectivity index (χ1v) is 5.52. The summed E-state index contributed by atoms with van der Waals surface area (Å²) >= 11 is 0. The zero-order chi connectivity index (χ0) is 12.1. The lowest BCUT2D eigenvalue weighted by Crippen LogP contribution is -2.22. The van der Waals surface area contributed by atoms with Crippen LogP contribution in [-0.4, -0.2) is 39.2 Å². The smallest absolute Gasteiger partial charge is 0.137 e. The van der Waals surface area contributed by atoms with Crippen molar-refractivity contribution in [1.82, 2.24) is 5.32 Å². The van der Waals surface area contributed by atoms with E-state index in [4.69, 9.17) is 9.47 Å². The molecular formula is C12H15FN2O2. The second-order valence-electron chi connectivity index (χ2n) is 3.61. The largest absolute Gasteiger partial charge is 0.490 e. The molecule has 0 fully saturated rings. The van der Waals surface area contributed by atoms with E-state index in [-0.39, 0.29) is 5.82 Å². The number of benzene rings is 1. The van der Waals surface area contributed by atoms with E-state index < -0.39 is 0 Å². The summed E-state index contributed by atoms with van der Waals surface area (Å²) in [5.41, 5.74) is 0.404. The third kappa shape index (κ3) is 2.74. The fourth-order valence-electron chi connectivity index (χ4n) is 1.65. The molecule has 1 heterocycles. The molecule has 92 valence electrons. The highest BCUT2D eigenvalue weighted by atomic mass is 19.1. The molecule has 2 rings (SSSR count). The Morgan fingerprint density at radius 1 is 1.41 bits per heavy atom. The Kier molecular flexibility index (Phi) is 3.93. The summed E-state index contributed by atoms with van der Waals surface area (Å²) in [6, 6.07) is 4.76. The highest BCUT2D eigenvalue weighted by Gasteiger charge is 2.18. The summed E-state index contributed by atoms with van der Waals surface area (Å²) in [5, 5.41) is 3.04. The molecule has 0 bridgehead atoms. The monoisotopic (exact) mass is 238 g/mol. The number of nitrogens with zero attached hydrogens (tertiary/aromatic N) is 1. The molecule has 0 aromatic heterocycles. The lowest BCUT2D eigenvalue weighted by atomic mass is 10.1. The number of aliphatic imine (C=N–C) groups is 1. The molecule has 0 unspecified atom stereocenters. The quantitative estimate of drug-likeness (QED) is 0.784. The number of nitrogens with one attached hydrogen (secondary N) is 1. The summed E-state index contributed by atoms with van der Waals surface area (Å²) in [6.07, 6.45) is 0. The van der Waals surface area contributed by atoms with Crippen LogP contribution in [-0.2, 0) is 4.74 Å². The van der Waals surface area contributed by atoms with Crippen molar-refractivity contribution in [2.24, 2.45) is 4.99 Å². The molecule has 1 N–H and O–H groups in total. The minimum Gasteiger partial charge on any atom is -0.490 e. The standard InChI is InChI=1S/C12H15FN2O2/c1-16-7-8-17-10-4-2-3-9(13)11(10)12-14-5-6-15-12/h2-4H,5-8H2,1H3,(H,14,15). The van der Waals surface area contributed by atoms with E-state index in [0.29, 0.717) is 36.9 Å². The molecule has 5 heteroatoms. The van der Waals surface area contributed by atoms with Crippen molar-refractivity contribution in [3.63, 3.8) is 0 Å². The molecule has 0 spiro atoms. The molecule has 1 aromatic rings. The summed E-state index contributed by atoms with van der Waals surface area (Å²) in [5.74, 6) is 0.735. The van der Waals surface area contributed by atoms with Crippen LogP contribution in [0.25, 0.3) is 0 Å². The Morgan fingerprint density at radius 3 is 3.00 bits per heavy atom. The first-order chi connectivity index (χ1) is 8.33. The van der Waals surface area contributed by atoms with E-state index in [1.54, 1.807) is 19.2 Å². The number of ether oxygens (including phenoxy) is 2. The maximum Gasteiger partial charge on any atom is 0.137 e. The van der Waals surface area contributed by atoms with Crippen LogP contribution in [0.2, 0.25) is 0 Å². The van der Waals surface area contributed by atoms with Gasteiger partial charge in [-0.2, -0.15) is 0 Å². The van der Waals surface area contributed by atoms with Crippen LogP contribution >= 0.6 is 0 Å². The Hall–Kier alpha value is -1.62. The first kappa shape index (κ1) is 11.9. The van der Waals surface area contributed by atoms with Crippen molar-refractivity contribution in [3.8, 4) is 5.75 Å². The van der Waals surface area contributed by atoms with Crippen molar-refractivity contribution in [3.05, 3.63) is 29.6 Å². The predicted molar refractivity (Wildman–Crippen MR) is 63.2 cm³/mol. The van der Waals surface area contributed by atoms with Gasteiger partial charge in [-0.15, -0.1) is 0 Å². The second-order valence-corrected chi connectivity index (χ2v) is 3.61. The van der Waals surface area contributed by atoms with Crippen LogP contribution in [0.15, 0.2) is 23.2 Å². The Labute approximate surface area is 99.5 Å². The molecule has 1 aliphatic rings. The maximum atomic E-state index is 13.8. The van der Waals surface area contributed by atoms with Crippen LogP contribution < -0.4 is 10.1 Å². The van der Waals surface area contributed by atoms with E-state index in [0.717, 1.165) is 6.54 Å². The SMILES string of the molecule is COCCOc1cccc(F)c1C1=NCCN1. The fourth-order valence-corrected chi connectivity index (χ4v) is 1.65. The van der Waals surface area contributed by atoms with E-state index in [1.807, 2.05) is 0 Å². The summed E-state index contributed by atoms with van der Waals surface area (Å²) in [4.78, 5) is 4.21. The highest BCUT2D eigenvalue weighted by molar-refractivity contribution is 6.02. The normalized spacial score (nSPS) is 14.4. The number of methoxy groups -OCH3 is 1. The molecule has 0 radical (unpaired) electrons. The molecule has 1 aliphatic heterocycles. The van der Waals surface area contributed by atoms with Crippen LogP contribution in [0.3, 0.4) is 0 Å². The van der Waals surface area contributed by atoms with E-state index in [2.05, 4.69) is 10.3 Å². The third-order valence-electron chi connectivity index (χ3n) is 2.43. The van der Waals surface area contributed by atoms with Gasteiger partial charge in [0.05, 0.1) is 18.7 Å². The van der Waals surface area contributed by atoms with E-state index >= 15 is 0 Å². The van der Waals surface area contributed by atoms with Gasteiger partial charge < -0.3 is 14.8 Å². The second kappa shape index (κ2) is 5.63. The summed E-state index contributed by atoms with van der Waals surface area (Å²) in [6.45, 7) is 2.26. The molecule has 1 aromatic carbocycles. The number of rotatable bonds is 5. The Balaban J connectivity index is 2.21. The van der Waals surface area contributed by atoms with E-state index in [9.17, 15) is 4.39 Å². The summed E-state index contributed by atoms with van der Waals surface area (Å²) in [7, 11) is 1.60. The molecule has 0 saturated heterocycles. The number of halogens is 1. The van der Waals surface area contributed by atoms with E-state index in [1.165, 1.54) is 6.07 Å². The molecule has 17 heavy (non-hydrogen) atoms. The van der Waals surface area contributed by atoms with Crippen molar-refractivity contribution >= 4 is 5.84 Å². The first-order valence-electron chi connectivity index (χ1n) is 5.52. The van der Waals surface area contributed by atoms with Gasteiger partial charge in [-0.25, -0.2) is 4.39 Å². The van der Waals surface area contributed by atoms with Gasteiger partial charge in [0, 0.05) is 13.7 Å². The minimum atomic E-state index is -0.326. The molecule has 4 nitrogen and oxygen atoms in total. The summed E-state index contributed by atoms with van der Waals surface area (Å²) < 4.78 is 24.2. The van der Waals surface area contributed by atoms with Crippen molar-refractivity contribution in [2.45, 2.75) is 0 Å². The number of hydrogen-bond donors (Lipinski definition) is 1. The topological polar surface area (TPSA) is 42.9 Å². The van der Waals surface area contributed by atoms with Gasteiger partial charge in [-0.1, -0.05) is 6.07 Å². The number of amidine groups is 1. The van der Waals surface area contributed by atoms with Gasteiger partial charge in [0.2, 0.25) is 0 Å². The number of hydrogen-bond acceptors (Lipinski definition) is 4. The zero-order valence-electron chi connectivity index (χ0n) is 9.70. The average molecular weight is 238 g/mol. The fraction of sp³-hybridized carbons (Fsp3) is 0.417. The van der Waals surface area contributed by atoms with Crippen LogP contribution in [0.4, 0.5) is 4.39 Å². The Bertz CT molecular complexity index is 421. The average Bonchev–Trinajstić information content (AvgIpc) is 2.83.